The number of hydrogen-bond acceptors (Lipinski definition) is 2. The second-order valence-electron chi connectivity index (χ2n) is 7.34. The zero-order valence-corrected chi connectivity index (χ0v) is 11.6. The highest BCUT2D eigenvalue weighted by molar-refractivity contribution is 4.97. The summed E-state index contributed by atoms with van der Waals surface area (Å²) in [6, 6.07) is 1.83. The highest BCUT2D eigenvalue weighted by Crippen LogP contribution is 2.47. The molecule has 5 atom stereocenters. The van der Waals surface area contributed by atoms with Crippen LogP contribution in [-0.2, 0) is 0 Å². The van der Waals surface area contributed by atoms with Gasteiger partial charge in [0.15, 0.2) is 0 Å². The van der Waals surface area contributed by atoms with E-state index in [-0.39, 0.29) is 0 Å². The summed E-state index contributed by atoms with van der Waals surface area (Å²) in [7, 11) is 0. The van der Waals surface area contributed by atoms with Crippen LogP contribution < -0.4 is 5.32 Å². The molecule has 0 radical (unpaired) electrons. The highest BCUT2D eigenvalue weighted by Gasteiger charge is 2.43. The van der Waals surface area contributed by atoms with Crippen LogP contribution >= 0.6 is 0 Å². The van der Waals surface area contributed by atoms with E-state index >= 15 is 0 Å². The lowest BCUT2D eigenvalue weighted by Crippen LogP contribution is -2.49. The SMILES string of the molecule is C1CNC(C2CCCN(C3CC4CCC3C4)C2)C1. The Labute approximate surface area is 111 Å². The highest BCUT2D eigenvalue weighted by atomic mass is 15.2. The second kappa shape index (κ2) is 4.79. The Hall–Kier alpha value is -0.0800. The molecule has 2 aliphatic carbocycles. The number of nitrogens with one attached hydrogen (secondary N) is 1. The van der Waals surface area contributed by atoms with Crippen molar-refractivity contribution in [2.45, 2.75) is 63.5 Å². The summed E-state index contributed by atoms with van der Waals surface area (Å²) in [4.78, 5) is 2.90. The van der Waals surface area contributed by atoms with Gasteiger partial charge in [-0.1, -0.05) is 6.42 Å². The van der Waals surface area contributed by atoms with E-state index in [4.69, 9.17) is 0 Å². The third-order valence-electron chi connectivity index (χ3n) is 6.33. The van der Waals surface area contributed by atoms with E-state index < -0.39 is 0 Å². The Morgan fingerprint density at radius 2 is 1.89 bits per heavy atom. The van der Waals surface area contributed by atoms with Crippen molar-refractivity contribution >= 4 is 0 Å². The van der Waals surface area contributed by atoms with Crippen molar-refractivity contribution in [1.29, 1.82) is 0 Å². The maximum Gasteiger partial charge on any atom is 0.0126 e. The number of hydrogen-bond donors (Lipinski definition) is 1. The maximum atomic E-state index is 3.74. The summed E-state index contributed by atoms with van der Waals surface area (Å²) in [5.74, 6) is 3.13. The van der Waals surface area contributed by atoms with Gasteiger partial charge in [-0.2, -0.15) is 0 Å². The van der Waals surface area contributed by atoms with Gasteiger partial charge in [0.1, 0.15) is 0 Å². The van der Waals surface area contributed by atoms with Gasteiger partial charge in [0.05, 0.1) is 0 Å². The number of piperidine rings is 1. The van der Waals surface area contributed by atoms with Crippen molar-refractivity contribution in [2.75, 3.05) is 19.6 Å². The van der Waals surface area contributed by atoms with E-state index in [1.807, 2.05) is 0 Å². The summed E-state index contributed by atoms with van der Waals surface area (Å²) < 4.78 is 0. The molecule has 2 heteroatoms. The lowest BCUT2D eigenvalue weighted by molar-refractivity contribution is 0.0776. The lowest BCUT2D eigenvalue weighted by Gasteiger charge is -2.42. The Balaban J connectivity index is 1.40. The van der Waals surface area contributed by atoms with Gasteiger partial charge in [-0.15, -0.1) is 0 Å². The van der Waals surface area contributed by atoms with E-state index in [1.54, 1.807) is 12.8 Å². The van der Waals surface area contributed by atoms with Crippen molar-refractivity contribution in [3.8, 4) is 0 Å². The topological polar surface area (TPSA) is 15.3 Å². The van der Waals surface area contributed by atoms with Crippen LogP contribution in [0.15, 0.2) is 0 Å². The molecule has 2 aliphatic heterocycles. The third-order valence-corrected chi connectivity index (χ3v) is 6.33. The fourth-order valence-electron chi connectivity index (χ4n) is 5.44. The summed E-state index contributed by atoms with van der Waals surface area (Å²) in [6.07, 6.45) is 12.0. The van der Waals surface area contributed by atoms with Gasteiger partial charge in [0, 0.05) is 18.6 Å². The molecule has 18 heavy (non-hydrogen) atoms. The molecule has 4 aliphatic rings. The van der Waals surface area contributed by atoms with Gasteiger partial charge in [-0.25, -0.2) is 0 Å². The minimum absolute atomic E-state index is 0.853. The minimum Gasteiger partial charge on any atom is -0.314 e. The van der Waals surface area contributed by atoms with Gasteiger partial charge < -0.3 is 5.32 Å². The van der Waals surface area contributed by atoms with Crippen molar-refractivity contribution in [3.05, 3.63) is 0 Å². The van der Waals surface area contributed by atoms with E-state index in [1.165, 1.54) is 58.2 Å². The van der Waals surface area contributed by atoms with Crippen LogP contribution in [-0.4, -0.2) is 36.6 Å². The summed E-state index contributed by atoms with van der Waals surface area (Å²) in [5.41, 5.74) is 0. The van der Waals surface area contributed by atoms with Crippen LogP contribution in [0.25, 0.3) is 0 Å². The van der Waals surface area contributed by atoms with Crippen molar-refractivity contribution in [3.63, 3.8) is 0 Å². The summed E-state index contributed by atoms with van der Waals surface area (Å²) in [6.45, 7) is 4.08. The maximum absolute atomic E-state index is 3.74. The Morgan fingerprint density at radius 3 is 2.61 bits per heavy atom. The fraction of sp³-hybridized carbons (Fsp3) is 1.00. The summed E-state index contributed by atoms with van der Waals surface area (Å²) in [5, 5.41) is 3.74. The fourth-order valence-corrected chi connectivity index (χ4v) is 5.44. The predicted octanol–water partition coefficient (Wildman–Crippen LogP) is 2.64. The molecular weight excluding hydrogens is 220 g/mol. The molecule has 1 N–H and O–H groups in total. The molecule has 102 valence electrons. The number of fused-ring (bicyclic) bond motifs is 2. The number of rotatable bonds is 2. The normalized spacial score (nSPS) is 49.0. The van der Waals surface area contributed by atoms with Crippen molar-refractivity contribution in [1.82, 2.24) is 10.2 Å². The first-order chi connectivity index (χ1) is 8.90. The zero-order valence-electron chi connectivity index (χ0n) is 11.6. The van der Waals surface area contributed by atoms with E-state index in [2.05, 4.69) is 10.2 Å². The Bertz CT molecular complexity index is 297. The first-order valence-electron chi connectivity index (χ1n) is 8.37. The Kier molecular flexibility index (Phi) is 3.12. The molecular formula is C16H28N2. The predicted molar refractivity (Wildman–Crippen MR) is 74.6 cm³/mol. The summed E-state index contributed by atoms with van der Waals surface area (Å²) >= 11 is 0. The molecule has 2 nitrogen and oxygen atoms in total. The van der Waals surface area contributed by atoms with Gasteiger partial charge in [0.2, 0.25) is 0 Å². The molecule has 2 saturated carbocycles. The molecule has 2 heterocycles. The van der Waals surface area contributed by atoms with Crippen LogP contribution in [0.4, 0.5) is 0 Å². The third kappa shape index (κ3) is 2.02. The number of nitrogens with zero attached hydrogens (tertiary/aromatic N) is 1. The van der Waals surface area contributed by atoms with E-state index in [0.29, 0.717) is 0 Å². The van der Waals surface area contributed by atoms with Gasteiger partial charge in [0.25, 0.3) is 0 Å². The lowest BCUT2D eigenvalue weighted by atomic mass is 9.86. The molecule has 0 spiro atoms. The molecule has 0 aromatic rings. The molecule has 2 saturated heterocycles. The van der Waals surface area contributed by atoms with E-state index in [9.17, 15) is 0 Å². The molecule has 0 aromatic carbocycles. The minimum atomic E-state index is 0.853. The van der Waals surface area contributed by atoms with Gasteiger partial charge >= 0.3 is 0 Å². The largest absolute Gasteiger partial charge is 0.314 e. The van der Waals surface area contributed by atoms with Crippen LogP contribution in [0, 0.1) is 17.8 Å². The first-order valence-corrected chi connectivity index (χ1v) is 8.37. The standard InChI is InChI=1S/C16H28N2/c1-4-15(17-7-1)14-3-2-8-18(11-14)16-10-12-5-6-13(16)9-12/h12-17H,1-11H2. The van der Waals surface area contributed by atoms with Crippen LogP contribution in [0.2, 0.25) is 0 Å². The average Bonchev–Trinajstić information content (AvgIpc) is 3.15. The molecule has 0 amide bonds. The quantitative estimate of drug-likeness (QED) is 0.808. The van der Waals surface area contributed by atoms with Crippen LogP contribution in [0.5, 0.6) is 0 Å². The average molecular weight is 248 g/mol. The first kappa shape index (κ1) is 11.7. The smallest absolute Gasteiger partial charge is 0.0126 e. The van der Waals surface area contributed by atoms with Gasteiger partial charge in [-0.3, -0.25) is 4.90 Å². The monoisotopic (exact) mass is 248 g/mol. The van der Waals surface area contributed by atoms with Crippen molar-refractivity contribution < 1.29 is 0 Å². The van der Waals surface area contributed by atoms with E-state index in [0.717, 1.165) is 29.8 Å². The van der Waals surface area contributed by atoms with Crippen LogP contribution in [0.3, 0.4) is 0 Å². The second-order valence-corrected chi connectivity index (χ2v) is 7.34. The molecule has 4 rings (SSSR count). The molecule has 2 bridgehead atoms. The Morgan fingerprint density at radius 1 is 0.889 bits per heavy atom. The molecule has 0 aromatic heterocycles. The van der Waals surface area contributed by atoms with Crippen LogP contribution in [0.1, 0.15) is 51.4 Å². The van der Waals surface area contributed by atoms with Crippen molar-refractivity contribution in [2.24, 2.45) is 17.8 Å². The number of likely N-dealkylation sites (tertiary alicyclic amines) is 1. The zero-order chi connectivity index (χ0) is 11.9. The molecule has 4 fully saturated rings. The van der Waals surface area contributed by atoms with Gasteiger partial charge in [-0.05, 0) is 75.8 Å². The molecule has 5 unspecified atom stereocenters.